The van der Waals surface area contributed by atoms with Crippen molar-refractivity contribution in [1.82, 2.24) is 15.3 Å². The van der Waals surface area contributed by atoms with Gasteiger partial charge in [-0.25, -0.2) is 14.8 Å². The van der Waals surface area contributed by atoms with Crippen LogP contribution in [0, 0.1) is 5.92 Å². The third-order valence-electron chi connectivity index (χ3n) is 3.23. The number of carbonyl (C=O) groups is 2. The second-order valence-electron chi connectivity index (χ2n) is 5.01. The van der Waals surface area contributed by atoms with Crippen LogP contribution in [-0.4, -0.2) is 59.9 Å². The van der Waals surface area contributed by atoms with Crippen molar-refractivity contribution in [3.63, 3.8) is 0 Å². The first-order valence-corrected chi connectivity index (χ1v) is 7.16. The number of aromatic carboxylic acids is 1. The molecule has 1 aliphatic heterocycles. The molecule has 0 spiro atoms. The first kappa shape index (κ1) is 16.3. The molecule has 1 aromatic heterocycles. The van der Waals surface area contributed by atoms with Gasteiger partial charge >= 0.3 is 5.97 Å². The molecule has 1 aromatic rings. The van der Waals surface area contributed by atoms with Crippen molar-refractivity contribution in [2.24, 2.45) is 5.92 Å². The standard InChI is InChI=1S/C14H19N3O5/c18-13(11-6-17-12(7-16-11)14(19)20)15-3-1-4-21-8-10-2-5-22-9-10/h6-7,10H,1-5,8-9H2,(H,15,18)(H,19,20). The SMILES string of the molecule is O=C(O)c1cnc(C(=O)NCCCOCC2CCOC2)cn1. The van der Waals surface area contributed by atoms with E-state index in [1.165, 1.54) is 0 Å². The van der Waals surface area contributed by atoms with Crippen LogP contribution in [0.4, 0.5) is 0 Å². The fourth-order valence-corrected chi connectivity index (χ4v) is 1.99. The fraction of sp³-hybridized carbons (Fsp3) is 0.571. The summed E-state index contributed by atoms with van der Waals surface area (Å²) in [6.07, 6.45) is 3.95. The smallest absolute Gasteiger partial charge is 0.356 e. The molecule has 8 nitrogen and oxygen atoms in total. The summed E-state index contributed by atoms with van der Waals surface area (Å²) in [7, 11) is 0. The predicted octanol–water partition coefficient (Wildman–Crippen LogP) is 0.348. The van der Waals surface area contributed by atoms with Gasteiger partial charge in [0.1, 0.15) is 5.69 Å². The van der Waals surface area contributed by atoms with Crippen LogP contribution < -0.4 is 5.32 Å². The lowest BCUT2D eigenvalue weighted by atomic mass is 10.1. The van der Waals surface area contributed by atoms with E-state index in [-0.39, 0.29) is 17.3 Å². The molecule has 0 aromatic carbocycles. The van der Waals surface area contributed by atoms with Crippen LogP contribution in [0.3, 0.4) is 0 Å². The first-order chi connectivity index (χ1) is 10.7. The number of nitrogens with zero attached hydrogens (tertiary/aromatic N) is 2. The number of carboxylic acids is 1. The minimum absolute atomic E-state index is 0.0917. The second-order valence-corrected chi connectivity index (χ2v) is 5.01. The van der Waals surface area contributed by atoms with Gasteiger partial charge in [0, 0.05) is 25.7 Å². The quantitative estimate of drug-likeness (QED) is 0.666. The number of hydrogen-bond acceptors (Lipinski definition) is 6. The Morgan fingerprint density at radius 3 is 2.77 bits per heavy atom. The topological polar surface area (TPSA) is 111 Å². The van der Waals surface area contributed by atoms with Crippen molar-refractivity contribution in [1.29, 1.82) is 0 Å². The van der Waals surface area contributed by atoms with Crippen molar-refractivity contribution < 1.29 is 24.2 Å². The Bertz CT molecular complexity index is 500. The first-order valence-electron chi connectivity index (χ1n) is 7.16. The van der Waals surface area contributed by atoms with E-state index in [2.05, 4.69) is 15.3 Å². The lowest BCUT2D eigenvalue weighted by Crippen LogP contribution is -2.26. The zero-order chi connectivity index (χ0) is 15.8. The molecule has 1 saturated heterocycles. The molecule has 0 bridgehead atoms. The monoisotopic (exact) mass is 309 g/mol. The summed E-state index contributed by atoms with van der Waals surface area (Å²) < 4.78 is 10.8. The van der Waals surface area contributed by atoms with E-state index in [0.29, 0.717) is 32.1 Å². The van der Waals surface area contributed by atoms with E-state index < -0.39 is 5.97 Å². The number of amides is 1. The highest BCUT2D eigenvalue weighted by molar-refractivity contribution is 5.92. The number of carboxylic acid groups (broad SMARTS) is 1. The maximum absolute atomic E-state index is 11.7. The van der Waals surface area contributed by atoms with Gasteiger partial charge in [0.25, 0.3) is 5.91 Å². The van der Waals surface area contributed by atoms with Crippen LogP contribution >= 0.6 is 0 Å². The zero-order valence-electron chi connectivity index (χ0n) is 12.2. The van der Waals surface area contributed by atoms with Crippen LogP contribution in [-0.2, 0) is 9.47 Å². The predicted molar refractivity (Wildman–Crippen MR) is 75.7 cm³/mol. The second kappa shape index (κ2) is 8.40. The highest BCUT2D eigenvalue weighted by Crippen LogP contribution is 2.12. The fourth-order valence-electron chi connectivity index (χ4n) is 1.99. The molecule has 120 valence electrons. The van der Waals surface area contributed by atoms with Gasteiger partial charge in [0.2, 0.25) is 0 Å². The van der Waals surface area contributed by atoms with Gasteiger partial charge in [-0.05, 0) is 12.8 Å². The summed E-state index contributed by atoms with van der Waals surface area (Å²) in [5, 5.41) is 11.4. The van der Waals surface area contributed by atoms with Gasteiger partial charge in [-0.2, -0.15) is 0 Å². The van der Waals surface area contributed by atoms with Crippen LogP contribution in [0.5, 0.6) is 0 Å². The van der Waals surface area contributed by atoms with Crippen LogP contribution in [0.1, 0.15) is 33.8 Å². The average molecular weight is 309 g/mol. The van der Waals surface area contributed by atoms with Gasteiger partial charge in [-0.1, -0.05) is 0 Å². The van der Waals surface area contributed by atoms with E-state index in [1.54, 1.807) is 0 Å². The van der Waals surface area contributed by atoms with Gasteiger partial charge in [0.15, 0.2) is 5.69 Å². The third-order valence-corrected chi connectivity index (χ3v) is 3.23. The highest BCUT2D eigenvalue weighted by Gasteiger charge is 2.15. The van der Waals surface area contributed by atoms with Crippen molar-refractivity contribution in [3.05, 3.63) is 23.8 Å². The van der Waals surface area contributed by atoms with Crippen LogP contribution in [0.25, 0.3) is 0 Å². The van der Waals surface area contributed by atoms with E-state index in [0.717, 1.165) is 32.0 Å². The zero-order valence-corrected chi connectivity index (χ0v) is 12.2. The van der Waals surface area contributed by atoms with Crippen molar-refractivity contribution in [2.45, 2.75) is 12.8 Å². The number of carbonyl (C=O) groups excluding carboxylic acids is 1. The molecular formula is C14H19N3O5. The van der Waals surface area contributed by atoms with Crippen LogP contribution in [0.2, 0.25) is 0 Å². The molecule has 2 N–H and O–H groups in total. The lowest BCUT2D eigenvalue weighted by Gasteiger charge is -2.09. The Morgan fingerprint density at radius 2 is 2.14 bits per heavy atom. The Balaban J connectivity index is 1.59. The molecule has 0 radical (unpaired) electrons. The molecule has 1 atom stereocenters. The lowest BCUT2D eigenvalue weighted by molar-refractivity contribution is 0.0688. The molecule has 2 heterocycles. The summed E-state index contributed by atoms with van der Waals surface area (Å²) in [6.45, 7) is 3.30. The minimum Gasteiger partial charge on any atom is -0.476 e. The summed E-state index contributed by atoms with van der Waals surface area (Å²) in [6, 6.07) is 0. The average Bonchev–Trinajstić information content (AvgIpc) is 3.04. The number of rotatable bonds is 8. The molecular weight excluding hydrogens is 290 g/mol. The number of aromatic nitrogens is 2. The maximum atomic E-state index is 11.7. The molecule has 1 unspecified atom stereocenters. The maximum Gasteiger partial charge on any atom is 0.356 e. The summed E-state index contributed by atoms with van der Waals surface area (Å²) in [5.74, 6) is -1.07. The third kappa shape index (κ3) is 5.05. The molecule has 1 aliphatic rings. The molecule has 1 amide bonds. The van der Waals surface area contributed by atoms with Crippen molar-refractivity contribution in [3.8, 4) is 0 Å². The molecule has 0 saturated carbocycles. The Kier molecular flexibility index (Phi) is 6.23. The normalized spacial score (nSPS) is 17.4. The molecule has 2 rings (SSSR count). The summed E-state index contributed by atoms with van der Waals surface area (Å²) in [5.41, 5.74) is -0.102. The number of hydrogen-bond donors (Lipinski definition) is 2. The van der Waals surface area contributed by atoms with Crippen molar-refractivity contribution >= 4 is 11.9 Å². The molecule has 1 fully saturated rings. The largest absolute Gasteiger partial charge is 0.476 e. The van der Waals surface area contributed by atoms with Crippen molar-refractivity contribution in [2.75, 3.05) is 33.0 Å². The van der Waals surface area contributed by atoms with E-state index in [4.69, 9.17) is 14.6 Å². The van der Waals surface area contributed by atoms with Gasteiger partial charge in [0.05, 0.1) is 25.6 Å². The molecule has 0 aliphatic carbocycles. The highest BCUT2D eigenvalue weighted by atomic mass is 16.5. The molecule has 8 heteroatoms. The molecule has 22 heavy (non-hydrogen) atoms. The Hall–Kier alpha value is -2.06. The summed E-state index contributed by atoms with van der Waals surface area (Å²) >= 11 is 0. The number of ether oxygens (including phenoxy) is 2. The van der Waals surface area contributed by atoms with E-state index >= 15 is 0 Å². The summed E-state index contributed by atoms with van der Waals surface area (Å²) in [4.78, 5) is 29.8. The van der Waals surface area contributed by atoms with Gasteiger partial charge < -0.3 is 19.9 Å². The van der Waals surface area contributed by atoms with Crippen LogP contribution in [0.15, 0.2) is 12.4 Å². The number of nitrogens with one attached hydrogen (secondary N) is 1. The minimum atomic E-state index is -1.18. The van der Waals surface area contributed by atoms with E-state index in [1.807, 2.05) is 0 Å². The Labute approximate surface area is 127 Å². The van der Waals surface area contributed by atoms with E-state index in [9.17, 15) is 9.59 Å². The van der Waals surface area contributed by atoms with Gasteiger partial charge in [-0.15, -0.1) is 0 Å². The Morgan fingerprint density at radius 1 is 1.36 bits per heavy atom. The van der Waals surface area contributed by atoms with Gasteiger partial charge in [-0.3, -0.25) is 4.79 Å².